The minimum Gasteiger partial charge on any atom is -0.479 e. The number of carboxylic acid groups (broad SMARTS) is 1. The van der Waals surface area contributed by atoms with E-state index in [4.69, 9.17) is 16.7 Å². The predicted molar refractivity (Wildman–Crippen MR) is 48.9 cm³/mol. The van der Waals surface area contributed by atoms with Crippen molar-refractivity contribution in [1.29, 1.82) is 0 Å². The number of halogens is 3. The number of ether oxygens (including phenoxy) is 1. The average Bonchev–Trinajstić information content (AvgIpc) is 2.15. The molecule has 0 aliphatic carbocycles. The van der Waals surface area contributed by atoms with Crippen molar-refractivity contribution in [2.24, 2.45) is 0 Å². The lowest BCUT2D eigenvalue weighted by molar-refractivity contribution is -0.188. The summed E-state index contributed by atoms with van der Waals surface area (Å²) in [4.78, 5) is 10.7. The van der Waals surface area contributed by atoms with E-state index in [9.17, 15) is 13.6 Å². The Morgan fingerprint density at radius 1 is 1.40 bits per heavy atom. The molecule has 1 N–H and O–H groups in total. The van der Waals surface area contributed by atoms with Gasteiger partial charge in [0.05, 0.1) is 0 Å². The van der Waals surface area contributed by atoms with Crippen LogP contribution in [0.25, 0.3) is 0 Å². The molecule has 15 heavy (non-hydrogen) atoms. The van der Waals surface area contributed by atoms with E-state index in [1.165, 1.54) is 18.2 Å². The Balaban J connectivity index is 2.99. The monoisotopic (exact) mass is 236 g/mol. The summed E-state index contributed by atoms with van der Waals surface area (Å²) >= 11 is 5.66. The van der Waals surface area contributed by atoms with Crippen LogP contribution in [0.4, 0.5) is 8.78 Å². The highest BCUT2D eigenvalue weighted by Crippen LogP contribution is 2.27. The van der Waals surface area contributed by atoms with E-state index in [2.05, 4.69) is 4.74 Å². The maximum Gasteiger partial charge on any atom is 0.346 e. The number of alkyl halides is 2. The summed E-state index contributed by atoms with van der Waals surface area (Å²) in [5.74, 6) is -1.51. The average molecular weight is 237 g/mol. The highest BCUT2D eigenvalue weighted by Gasteiger charge is 2.26. The predicted octanol–water partition coefficient (Wildman–Crippen LogP) is 2.70. The van der Waals surface area contributed by atoms with Gasteiger partial charge in [-0.2, -0.15) is 8.78 Å². The lowest BCUT2D eigenvalue weighted by Gasteiger charge is -2.14. The molecule has 0 aliphatic rings. The Labute approximate surface area is 89.2 Å². The van der Waals surface area contributed by atoms with Crippen LogP contribution in [0.1, 0.15) is 11.7 Å². The summed E-state index contributed by atoms with van der Waals surface area (Å²) < 4.78 is 27.8. The molecule has 1 aromatic rings. The first kappa shape index (κ1) is 11.9. The van der Waals surface area contributed by atoms with Gasteiger partial charge in [0.1, 0.15) is 0 Å². The van der Waals surface area contributed by atoms with Crippen molar-refractivity contribution in [3.05, 3.63) is 34.9 Å². The summed E-state index contributed by atoms with van der Waals surface area (Å²) in [6.45, 7) is -3.16. The molecule has 6 heteroatoms. The molecule has 3 nitrogen and oxygen atoms in total. The van der Waals surface area contributed by atoms with E-state index in [-0.39, 0.29) is 10.6 Å². The molecule has 82 valence electrons. The fraction of sp³-hybridized carbons (Fsp3) is 0.222. The number of aliphatic carboxylic acids is 1. The second-order valence-corrected chi connectivity index (χ2v) is 3.04. The second-order valence-electron chi connectivity index (χ2n) is 2.64. The van der Waals surface area contributed by atoms with Crippen LogP contribution in [0.2, 0.25) is 5.02 Å². The molecule has 0 spiro atoms. The molecule has 0 saturated heterocycles. The van der Waals surface area contributed by atoms with Gasteiger partial charge >= 0.3 is 12.6 Å². The molecular formula is C9H7ClF2O3. The van der Waals surface area contributed by atoms with Crippen LogP contribution in [-0.2, 0) is 9.53 Å². The molecule has 1 rings (SSSR count). The van der Waals surface area contributed by atoms with Crippen LogP contribution in [0.15, 0.2) is 24.3 Å². The Morgan fingerprint density at radius 3 is 2.47 bits per heavy atom. The lowest BCUT2D eigenvalue weighted by Crippen LogP contribution is -2.18. The quantitative estimate of drug-likeness (QED) is 0.874. The number of carboxylic acids is 1. The number of rotatable bonds is 4. The van der Waals surface area contributed by atoms with Gasteiger partial charge in [-0.1, -0.05) is 29.8 Å². The van der Waals surface area contributed by atoms with Crippen molar-refractivity contribution in [3.8, 4) is 0 Å². The van der Waals surface area contributed by atoms with Crippen LogP contribution < -0.4 is 0 Å². The van der Waals surface area contributed by atoms with Gasteiger partial charge in [-0.3, -0.25) is 0 Å². The van der Waals surface area contributed by atoms with Gasteiger partial charge in [0.2, 0.25) is 0 Å². The van der Waals surface area contributed by atoms with Gasteiger partial charge in [0.25, 0.3) is 0 Å². The Morgan fingerprint density at radius 2 is 2.00 bits per heavy atom. The highest BCUT2D eigenvalue weighted by molar-refractivity contribution is 6.31. The first-order chi connectivity index (χ1) is 7.02. The minimum absolute atomic E-state index is 0.00645. The highest BCUT2D eigenvalue weighted by atomic mass is 35.5. The Hall–Kier alpha value is -1.20. The third kappa shape index (κ3) is 3.14. The molecular weight excluding hydrogens is 230 g/mol. The first-order valence-electron chi connectivity index (χ1n) is 3.93. The zero-order valence-corrected chi connectivity index (χ0v) is 8.12. The summed E-state index contributed by atoms with van der Waals surface area (Å²) in [5, 5.41) is 8.76. The van der Waals surface area contributed by atoms with Gasteiger partial charge in [-0.15, -0.1) is 0 Å². The zero-order chi connectivity index (χ0) is 11.4. The van der Waals surface area contributed by atoms with Crippen LogP contribution in [0.3, 0.4) is 0 Å². The Bertz CT molecular complexity index is 357. The fourth-order valence-corrected chi connectivity index (χ4v) is 1.29. The lowest BCUT2D eigenvalue weighted by atomic mass is 10.1. The maximum atomic E-state index is 11.9. The van der Waals surface area contributed by atoms with E-state index < -0.39 is 18.7 Å². The third-order valence-electron chi connectivity index (χ3n) is 1.65. The molecule has 0 radical (unpaired) electrons. The molecule has 1 atom stereocenters. The van der Waals surface area contributed by atoms with Crippen molar-refractivity contribution in [1.82, 2.24) is 0 Å². The van der Waals surface area contributed by atoms with E-state index in [0.29, 0.717) is 0 Å². The SMILES string of the molecule is O=C(O)C(OC(F)F)c1ccccc1Cl. The van der Waals surface area contributed by atoms with Crippen LogP contribution >= 0.6 is 11.6 Å². The number of benzene rings is 1. The van der Waals surface area contributed by atoms with Crippen LogP contribution in [0.5, 0.6) is 0 Å². The topological polar surface area (TPSA) is 46.5 Å². The maximum absolute atomic E-state index is 11.9. The summed E-state index contributed by atoms with van der Waals surface area (Å²) in [6.07, 6.45) is -1.75. The Kier molecular flexibility index (Phi) is 3.99. The number of hydrogen-bond donors (Lipinski definition) is 1. The smallest absolute Gasteiger partial charge is 0.346 e. The van der Waals surface area contributed by atoms with E-state index in [0.717, 1.165) is 0 Å². The standard InChI is InChI=1S/C9H7ClF2O3/c10-6-4-2-1-3-5(6)7(8(13)14)15-9(11)12/h1-4,7,9H,(H,13,14). The normalized spacial score (nSPS) is 12.8. The molecule has 1 aromatic carbocycles. The summed E-state index contributed by atoms with van der Waals surface area (Å²) in [5.41, 5.74) is 0.00645. The zero-order valence-electron chi connectivity index (χ0n) is 7.36. The largest absolute Gasteiger partial charge is 0.479 e. The fourth-order valence-electron chi connectivity index (χ4n) is 1.06. The van der Waals surface area contributed by atoms with Gasteiger partial charge < -0.3 is 9.84 Å². The van der Waals surface area contributed by atoms with Crippen molar-refractivity contribution in [2.45, 2.75) is 12.7 Å². The van der Waals surface area contributed by atoms with Crippen molar-refractivity contribution >= 4 is 17.6 Å². The van der Waals surface area contributed by atoms with Crippen molar-refractivity contribution < 1.29 is 23.4 Å². The first-order valence-corrected chi connectivity index (χ1v) is 4.31. The van der Waals surface area contributed by atoms with E-state index in [1.54, 1.807) is 6.07 Å². The molecule has 0 aliphatic heterocycles. The molecule has 0 bridgehead atoms. The minimum atomic E-state index is -3.16. The molecule has 0 saturated carbocycles. The van der Waals surface area contributed by atoms with Gasteiger partial charge in [0.15, 0.2) is 6.10 Å². The van der Waals surface area contributed by atoms with Crippen molar-refractivity contribution in [3.63, 3.8) is 0 Å². The van der Waals surface area contributed by atoms with E-state index >= 15 is 0 Å². The molecule has 0 amide bonds. The van der Waals surface area contributed by atoms with Crippen molar-refractivity contribution in [2.75, 3.05) is 0 Å². The number of hydrogen-bond acceptors (Lipinski definition) is 2. The molecule has 0 heterocycles. The van der Waals surface area contributed by atoms with Gasteiger partial charge in [0, 0.05) is 10.6 Å². The van der Waals surface area contributed by atoms with Crippen LogP contribution in [-0.4, -0.2) is 17.7 Å². The van der Waals surface area contributed by atoms with Gasteiger partial charge in [-0.25, -0.2) is 4.79 Å². The molecule has 0 aromatic heterocycles. The molecule has 0 fully saturated rings. The third-order valence-corrected chi connectivity index (χ3v) is 2.00. The van der Waals surface area contributed by atoms with Gasteiger partial charge in [-0.05, 0) is 6.07 Å². The summed E-state index contributed by atoms with van der Waals surface area (Å²) in [6, 6.07) is 5.78. The van der Waals surface area contributed by atoms with Crippen LogP contribution in [0, 0.1) is 0 Å². The summed E-state index contributed by atoms with van der Waals surface area (Å²) in [7, 11) is 0. The number of carbonyl (C=O) groups is 1. The molecule has 1 unspecified atom stereocenters. The second kappa shape index (κ2) is 5.04. The van der Waals surface area contributed by atoms with E-state index in [1.807, 2.05) is 0 Å².